The summed E-state index contributed by atoms with van der Waals surface area (Å²) in [5.41, 5.74) is 6.44. The average Bonchev–Trinajstić information content (AvgIpc) is 2.58. The number of hydrogen-bond donors (Lipinski definition) is 2. The van der Waals surface area contributed by atoms with E-state index in [-0.39, 0.29) is 25.0 Å². The molecule has 0 radical (unpaired) electrons. The monoisotopic (exact) mass is 390 g/mol. The molecule has 0 saturated carbocycles. The van der Waals surface area contributed by atoms with Crippen molar-refractivity contribution in [2.75, 3.05) is 6.54 Å². The van der Waals surface area contributed by atoms with Crippen molar-refractivity contribution in [2.45, 2.75) is 25.8 Å². The molecule has 2 aromatic carbocycles. The molecule has 0 aliphatic carbocycles. The normalized spacial score (nSPS) is 11.8. The minimum absolute atomic E-state index is 0. The Bertz CT molecular complexity index is 756. The molecule has 1 unspecified atom stereocenters. The van der Waals surface area contributed by atoms with Crippen LogP contribution in [0, 0.1) is 23.3 Å². The Labute approximate surface area is 155 Å². The number of nitrogens with one attached hydrogen (secondary N) is 1. The molecule has 1 atom stereocenters. The quantitative estimate of drug-likeness (QED) is 0.593. The van der Waals surface area contributed by atoms with Crippen LogP contribution in [0.15, 0.2) is 30.3 Å². The van der Waals surface area contributed by atoms with Crippen LogP contribution in [0.5, 0.6) is 0 Å². The van der Waals surface area contributed by atoms with Crippen LogP contribution >= 0.6 is 12.4 Å². The van der Waals surface area contributed by atoms with Crippen molar-refractivity contribution in [3.8, 4) is 0 Å². The van der Waals surface area contributed by atoms with Crippen molar-refractivity contribution in [3.63, 3.8) is 0 Å². The first-order valence-corrected chi connectivity index (χ1v) is 7.69. The van der Waals surface area contributed by atoms with Gasteiger partial charge in [0.2, 0.25) is 0 Å². The van der Waals surface area contributed by atoms with Gasteiger partial charge in [-0.1, -0.05) is 38.1 Å². The summed E-state index contributed by atoms with van der Waals surface area (Å²) in [7, 11) is 0. The van der Waals surface area contributed by atoms with E-state index in [1.165, 1.54) is 0 Å². The Morgan fingerprint density at radius 2 is 1.46 bits per heavy atom. The number of amides is 1. The second-order valence-corrected chi connectivity index (χ2v) is 5.98. The van der Waals surface area contributed by atoms with Crippen molar-refractivity contribution in [1.29, 1.82) is 0 Å². The summed E-state index contributed by atoms with van der Waals surface area (Å²) in [6.45, 7) is 3.92. The van der Waals surface area contributed by atoms with Gasteiger partial charge in [-0.15, -0.1) is 12.4 Å². The number of hydrogen-bond acceptors (Lipinski definition) is 2. The summed E-state index contributed by atoms with van der Waals surface area (Å²) < 4.78 is 53.5. The first kappa shape index (κ1) is 21.9. The Morgan fingerprint density at radius 1 is 1.00 bits per heavy atom. The van der Waals surface area contributed by atoms with E-state index in [0.717, 1.165) is 5.56 Å². The van der Waals surface area contributed by atoms with E-state index in [2.05, 4.69) is 5.32 Å². The largest absolute Gasteiger partial charge is 0.350 e. The molecule has 0 fully saturated rings. The van der Waals surface area contributed by atoms with Gasteiger partial charge in [0.1, 0.15) is 5.56 Å². The molecule has 1 amide bonds. The summed E-state index contributed by atoms with van der Waals surface area (Å²) in [6.07, 6.45) is 0. The van der Waals surface area contributed by atoms with Gasteiger partial charge < -0.3 is 11.1 Å². The Balaban J connectivity index is 0.00000338. The van der Waals surface area contributed by atoms with E-state index in [1.807, 2.05) is 26.0 Å². The average molecular weight is 391 g/mol. The molecule has 0 saturated heterocycles. The topological polar surface area (TPSA) is 55.1 Å². The van der Waals surface area contributed by atoms with E-state index in [9.17, 15) is 22.4 Å². The van der Waals surface area contributed by atoms with Crippen molar-refractivity contribution in [3.05, 3.63) is 70.3 Å². The van der Waals surface area contributed by atoms with Gasteiger partial charge >= 0.3 is 0 Å². The van der Waals surface area contributed by atoms with E-state index < -0.39 is 40.8 Å². The van der Waals surface area contributed by atoms with Crippen LogP contribution in [-0.2, 0) is 0 Å². The Hall–Kier alpha value is -2.12. The fourth-order valence-corrected chi connectivity index (χ4v) is 2.31. The van der Waals surface area contributed by atoms with Crippen molar-refractivity contribution in [2.24, 2.45) is 5.73 Å². The van der Waals surface area contributed by atoms with Crippen molar-refractivity contribution < 1.29 is 22.4 Å². The predicted molar refractivity (Wildman–Crippen MR) is 93.3 cm³/mol. The van der Waals surface area contributed by atoms with Crippen LogP contribution in [0.1, 0.15) is 47.3 Å². The van der Waals surface area contributed by atoms with E-state index in [1.54, 1.807) is 12.1 Å². The third kappa shape index (κ3) is 4.74. The fourth-order valence-electron chi connectivity index (χ4n) is 2.31. The molecule has 2 rings (SSSR count). The standard InChI is InChI=1S/C18H18F4N2O.ClH/c1-9(2)10-3-5-11(6-4-10)14(23)8-24-18(25)15-16(21)12(19)7-13(20)17(15)22;/h3-7,9,14H,8,23H2,1-2H3,(H,24,25);1H. The van der Waals surface area contributed by atoms with Crippen LogP contribution < -0.4 is 11.1 Å². The van der Waals surface area contributed by atoms with Gasteiger partial charge in [-0.25, -0.2) is 17.6 Å². The van der Waals surface area contributed by atoms with Crippen LogP contribution in [0.25, 0.3) is 0 Å². The molecule has 0 aliphatic heterocycles. The minimum atomic E-state index is -1.74. The second-order valence-electron chi connectivity index (χ2n) is 5.98. The first-order valence-electron chi connectivity index (χ1n) is 7.69. The van der Waals surface area contributed by atoms with Crippen LogP contribution in [0.4, 0.5) is 17.6 Å². The molecule has 0 heterocycles. The highest BCUT2D eigenvalue weighted by atomic mass is 35.5. The number of carbonyl (C=O) groups is 1. The van der Waals surface area contributed by atoms with Crippen LogP contribution in [-0.4, -0.2) is 12.5 Å². The molecule has 3 nitrogen and oxygen atoms in total. The lowest BCUT2D eigenvalue weighted by Gasteiger charge is -2.15. The first-order chi connectivity index (χ1) is 11.7. The highest BCUT2D eigenvalue weighted by Crippen LogP contribution is 2.20. The van der Waals surface area contributed by atoms with E-state index in [4.69, 9.17) is 5.73 Å². The van der Waals surface area contributed by atoms with Crippen molar-refractivity contribution >= 4 is 18.3 Å². The number of rotatable bonds is 5. The molecule has 0 aromatic heterocycles. The predicted octanol–water partition coefficient (Wildman–Crippen LogP) is 4.22. The lowest BCUT2D eigenvalue weighted by atomic mass is 9.99. The zero-order valence-electron chi connectivity index (χ0n) is 14.2. The third-order valence-electron chi connectivity index (χ3n) is 3.85. The van der Waals surface area contributed by atoms with Crippen LogP contribution in [0.2, 0.25) is 0 Å². The molecule has 3 N–H and O–H groups in total. The fraction of sp³-hybridized carbons (Fsp3) is 0.278. The van der Waals surface area contributed by atoms with Gasteiger partial charge in [0, 0.05) is 18.7 Å². The highest BCUT2D eigenvalue weighted by Gasteiger charge is 2.25. The van der Waals surface area contributed by atoms with Gasteiger partial charge in [0.15, 0.2) is 23.3 Å². The molecule has 2 aromatic rings. The molecule has 142 valence electrons. The maximum atomic E-state index is 13.6. The maximum Gasteiger partial charge on any atom is 0.257 e. The third-order valence-corrected chi connectivity index (χ3v) is 3.85. The summed E-state index contributed by atoms with van der Waals surface area (Å²) in [6, 6.07) is 6.76. The number of carbonyl (C=O) groups excluding carboxylic acids is 1. The van der Waals surface area contributed by atoms with Gasteiger partial charge in [0.05, 0.1) is 0 Å². The molecule has 0 bridgehead atoms. The molecule has 0 aliphatic rings. The number of halogens is 5. The summed E-state index contributed by atoms with van der Waals surface area (Å²) in [5, 5.41) is 2.19. The van der Waals surface area contributed by atoms with Gasteiger partial charge in [-0.05, 0) is 17.0 Å². The minimum Gasteiger partial charge on any atom is -0.350 e. The van der Waals surface area contributed by atoms with Gasteiger partial charge in [-0.3, -0.25) is 4.79 Å². The molecular formula is C18H19ClF4N2O. The maximum absolute atomic E-state index is 13.6. The SMILES string of the molecule is CC(C)c1ccc(C(N)CNC(=O)c2c(F)c(F)cc(F)c2F)cc1.Cl. The van der Waals surface area contributed by atoms with Gasteiger partial charge in [-0.2, -0.15) is 0 Å². The summed E-state index contributed by atoms with van der Waals surface area (Å²) in [5.74, 6) is -7.70. The zero-order chi connectivity index (χ0) is 18.7. The van der Waals surface area contributed by atoms with Crippen molar-refractivity contribution in [1.82, 2.24) is 5.32 Å². The molecule has 26 heavy (non-hydrogen) atoms. The molecular weight excluding hydrogens is 372 g/mol. The van der Waals surface area contributed by atoms with E-state index >= 15 is 0 Å². The van der Waals surface area contributed by atoms with Gasteiger partial charge in [0.25, 0.3) is 5.91 Å². The number of benzene rings is 2. The smallest absolute Gasteiger partial charge is 0.257 e. The highest BCUT2D eigenvalue weighted by molar-refractivity contribution is 5.94. The lowest BCUT2D eigenvalue weighted by molar-refractivity contribution is 0.0940. The van der Waals surface area contributed by atoms with E-state index in [0.29, 0.717) is 11.5 Å². The molecule has 0 spiro atoms. The number of nitrogens with two attached hydrogens (primary N) is 1. The molecule has 8 heteroatoms. The Kier molecular flexibility index (Phi) is 7.59. The van der Waals surface area contributed by atoms with Crippen LogP contribution in [0.3, 0.4) is 0 Å². The lowest BCUT2D eigenvalue weighted by Crippen LogP contribution is -2.33. The zero-order valence-corrected chi connectivity index (χ0v) is 15.0. The second kappa shape index (κ2) is 9.00. The Morgan fingerprint density at radius 3 is 1.92 bits per heavy atom. The summed E-state index contributed by atoms with van der Waals surface area (Å²) >= 11 is 0. The summed E-state index contributed by atoms with van der Waals surface area (Å²) in [4.78, 5) is 11.9.